The first-order valence-corrected chi connectivity index (χ1v) is 10.2. The SMILES string of the molecule is COc1ccccc1-c1nc(CSc2nc(-c3ccccc3)cn2N)cs1. The van der Waals surface area contributed by atoms with Crippen LogP contribution in [0.4, 0.5) is 0 Å². The van der Waals surface area contributed by atoms with Crippen LogP contribution in [0.25, 0.3) is 21.8 Å². The van der Waals surface area contributed by atoms with Gasteiger partial charge in [0.05, 0.1) is 30.3 Å². The topological polar surface area (TPSA) is 66.0 Å². The van der Waals surface area contributed by atoms with E-state index in [9.17, 15) is 0 Å². The van der Waals surface area contributed by atoms with E-state index in [1.165, 1.54) is 0 Å². The van der Waals surface area contributed by atoms with E-state index < -0.39 is 0 Å². The Kier molecular flexibility index (Phi) is 5.13. The fraction of sp³-hybridized carbons (Fsp3) is 0.100. The first-order valence-electron chi connectivity index (χ1n) is 8.35. The molecule has 0 aliphatic rings. The third kappa shape index (κ3) is 3.84. The highest BCUT2D eigenvalue weighted by atomic mass is 32.2. The van der Waals surface area contributed by atoms with Crippen LogP contribution >= 0.6 is 23.1 Å². The minimum Gasteiger partial charge on any atom is -0.496 e. The number of aromatic nitrogens is 3. The maximum absolute atomic E-state index is 6.08. The molecule has 0 spiro atoms. The van der Waals surface area contributed by atoms with Crippen molar-refractivity contribution in [3.63, 3.8) is 0 Å². The number of rotatable bonds is 6. The van der Waals surface area contributed by atoms with Crippen LogP contribution < -0.4 is 10.6 Å². The molecule has 2 aromatic carbocycles. The predicted octanol–water partition coefficient (Wildman–Crippen LogP) is 4.69. The standard InChI is InChI=1S/C20H18N4OS2/c1-25-18-10-6-5-9-16(18)19-22-15(12-26-19)13-27-20-23-17(11-24(20)21)14-7-3-2-4-8-14/h2-12H,13,21H2,1H3. The molecule has 136 valence electrons. The molecule has 0 saturated heterocycles. The normalized spacial score (nSPS) is 10.9. The molecule has 0 radical (unpaired) electrons. The Morgan fingerprint density at radius 3 is 2.67 bits per heavy atom. The average Bonchev–Trinajstić information content (AvgIpc) is 3.33. The quantitative estimate of drug-likeness (QED) is 0.380. The molecule has 0 aliphatic heterocycles. The second-order valence-electron chi connectivity index (χ2n) is 5.81. The number of ether oxygens (including phenoxy) is 1. The summed E-state index contributed by atoms with van der Waals surface area (Å²) in [7, 11) is 1.68. The molecule has 4 aromatic rings. The van der Waals surface area contributed by atoms with Crippen molar-refractivity contribution in [3.8, 4) is 27.6 Å². The number of nitrogen functional groups attached to an aromatic ring is 1. The summed E-state index contributed by atoms with van der Waals surface area (Å²) in [5, 5.41) is 3.78. The largest absolute Gasteiger partial charge is 0.496 e. The van der Waals surface area contributed by atoms with Crippen molar-refractivity contribution >= 4 is 23.1 Å². The third-order valence-electron chi connectivity index (χ3n) is 4.01. The van der Waals surface area contributed by atoms with Crippen LogP contribution in [0, 0.1) is 0 Å². The molecule has 7 heteroatoms. The summed E-state index contributed by atoms with van der Waals surface area (Å²) in [5.41, 5.74) is 3.92. The van der Waals surface area contributed by atoms with E-state index in [-0.39, 0.29) is 0 Å². The minimum absolute atomic E-state index is 0.702. The molecule has 2 aromatic heterocycles. The van der Waals surface area contributed by atoms with Gasteiger partial charge in [-0.05, 0) is 12.1 Å². The van der Waals surface area contributed by atoms with E-state index in [2.05, 4.69) is 10.4 Å². The maximum Gasteiger partial charge on any atom is 0.187 e. The van der Waals surface area contributed by atoms with Gasteiger partial charge in [0.15, 0.2) is 5.16 Å². The second-order valence-corrected chi connectivity index (χ2v) is 7.62. The zero-order valence-electron chi connectivity index (χ0n) is 14.7. The van der Waals surface area contributed by atoms with E-state index in [0.29, 0.717) is 5.75 Å². The van der Waals surface area contributed by atoms with Crippen LogP contribution in [-0.4, -0.2) is 21.8 Å². The van der Waals surface area contributed by atoms with E-state index in [1.807, 2.05) is 60.8 Å². The third-order valence-corrected chi connectivity index (χ3v) is 5.93. The summed E-state index contributed by atoms with van der Waals surface area (Å²) in [6, 6.07) is 17.9. The molecule has 0 unspecified atom stereocenters. The second kappa shape index (κ2) is 7.85. The van der Waals surface area contributed by atoms with Crippen molar-refractivity contribution in [1.29, 1.82) is 0 Å². The van der Waals surface area contributed by atoms with Crippen molar-refractivity contribution in [2.75, 3.05) is 13.0 Å². The van der Waals surface area contributed by atoms with Gasteiger partial charge in [-0.1, -0.05) is 54.2 Å². The molecule has 27 heavy (non-hydrogen) atoms. The Bertz CT molecular complexity index is 1040. The van der Waals surface area contributed by atoms with E-state index in [0.717, 1.165) is 38.4 Å². The van der Waals surface area contributed by atoms with Gasteiger partial charge in [-0.3, -0.25) is 0 Å². The van der Waals surface area contributed by atoms with Crippen molar-refractivity contribution in [2.24, 2.45) is 0 Å². The highest BCUT2D eigenvalue weighted by Crippen LogP contribution is 2.33. The van der Waals surface area contributed by atoms with Crippen LogP contribution in [0.1, 0.15) is 5.69 Å². The van der Waals surface area contributed by atoms with Crippen LogP contribution in [0.3, 0.4) is 0 Å². The Hall–Kier alpha value is -2.77. The van der Waals surface area contributed by atoms with Gasteiger partial charge in [0.1, 0.15) is 10.8 Å². The van der Waals surface area contributed by atoms with Crippen molar-refractivity contribution in [3.05, 3.63) is 71.9 Å². The lowest BCUT2D eigenvalue weighted by Crippen LogP contribution is -2.07. The van der Waals surface area contributed by atoms with Crippen LogP contribution in [0.5, 0.6) is 5.75 Å². The lowest BCUT2D eigenvalue weighted by atomic mass is 10.2. The van der Waals surface area contributed by atoms with E-state index in [1.54, 1.807) is 34.9 Å². The van der Waals surface area contributed by atoms with Gasteiger partial charge in [0.2, 0.25) is 0 Å². The lowest BCUT2D eigenvalue weighted by molar-refractivity contribution is 0.416. The lowest BCUT2D eigenvalue weighted by Gasteiger charge is -2.04. The van der Waals surface area contributed by atoms with Gasteiger partial charge in [-0.25, -0.2) is 14.6 Å². The van der Waals surface area contributed by atoms with Crippen molar-refractivity contribution < 1.29 is 4.74 Å². The maximum atomic E-state index is 6.08. The molecular formula is C20H18N4OS2. The molecule has 0 aliphatic carbocycles. The molecule has 2 heterocycles. The Labute approximate surface area is 165 Å². The monoisotopic (exact) mass is 394 g/mol. The molecule has 2 N–H and O–H groups in total. The summed E-state index contributed by atoms with van der Waals surface area (Å²) in [5.74, 6) is 7.61. The highest BCUT2D eigenvalue weighted by Gasteiger charge is 2.12. The van der Waals surface area contributed by atoms with Crippen LogP contribution in [0.2, 0.25) is 0 Å². The minimum atomic E-state index is 0.702. The Morgan fingerprint density at radius 1 is 1.07 bits per heavy atom. The van der Waals surface area contributed by atoms with Gasteiger partial charge in [-0.2, -0.15) is 0 Å². The summed E-state index contributed by atoms with van der Waals surface area (Å²) in [6.07, 6.45) is 1.85. The number of hydrogen-bond acceptors (Lipinski definition) is 6. The number of nitrogens with two attached hydrogens (primary N) is 1. The zero-order chi connectivity index (χ0) is 18.6. The number of para-hydroxylation sites is 1. The summed E-state index contributed by atoms with van der Waals surface area (Å²) >= 11 is 3.18. The van der Waals surface area contributed by atoms with Crippen LogP contribution in [-0.2, 0) is 5.75 Å². The number of thiazole rings is 1. The summed E-state index contributed by atoms with van der Waals surface area (Å²) in [4.78, 5) is 9.38. The number of thioether (sulfide) groups is 1. The molecule has 0 saturated carbocycles. The smallest absolute Gasteiger partial charge is 0.187 e. The van der Waals surface area contributed by atoms with Gasteiger partial charge < -0.3 is 10.6 Å². The number of methoxy groups -OCH3 is 1. The molecule has 0 fully saturated rings. The van der Waals surface area contributed by atoms with Crippen LogP contribution in [0.15, 0.2) is 71.3 Å². The first kappa shape index (κ1) is 17.6. The van der Waals surface area contributed by atoms with E-state index >= 15 is 0 Å². The zero-order valence-corrected chi connectivity index (χ0v) is 16.3. The van der Waals surface area contributed by atoms with Gasteiger partial charge in [0, 0.05) is 16.7 Å². The Morgan fingerprint density at radius 2 is 1.85 bits per heavy atom. The molecule has 0 atom stereocenters. The number of imidazole rings is 1. The predicted molar refractivity (Wildman–Crippen MR) is 111 cm³/mol. The van der Waals surface area contributed by atoms with Crippen molar-refractivity contribution in [1.82, 2.24) is 14.6 Å². The molecule has 0 bridgehead atoms. The highest BCUT2D eigenvalue weighted by molar-refractivity contribution is 7.98. The van der Waals surface area contributed by atoms with Crippen molar-refractivity contribution in [2.45, 2.75) is 10.9 Å². The number of benzene rings is 2. The molecular weight excluding hydrogens is 376 g/mol. The molecule has 4 rings (SSSR count). The first-order chi connectivity index (χ1) is 13.2. The fourth-order valence-electron chi connectivity index (χ4n) is 2.69. The number of nitrogens with zero attached hydrogens (tertiary/aromatic N) is 3. The summed E-state index contributed by atoms with van der Waals surface area (Å²) < 4.78 is 7.00. The van der Waals surface area contributed by atoms with Gasteiger partial charge in [0.25, 0.3) is 0 Å². The fourth-order valence-corrected chi connectivity index (χ4v) is 4.43. The average molecular weight is 395 g/mol. The van der Waals surface area contributed by atoms with Gasteiger partial charge in [-0.15, -0.1) is 11.3 Å². The molecule has 5 nitrogen and oxygen atoms in total. The molecule has 0 amide bonds. The Balaban J connectivity index is 1.49. The van der Waals surface area contributed by atoms with Gasteiger partial charge >= 0.3 is 0 Å². The van der Waals surface area contributed by atoms with E-state index in [4.69, 9.17) is 15.6 Å². The summed E-state index contributed by atoms with van der Waals surface area (Å²) in [6.45, 7) is 0. The number of hydrogen-bond donors (Lipinski definition) is 1.